The molecule has 2 rings (SSSR count). The third kappa shape index (κ3) is 2.39. The molecule has 6 nitrogen and oxygen atoms in total. The predicted molar refractivity (Wildman–Crippen MR) is 73.3 cm³/mol. The number of ether oxygens (including phenoxy) is 2. The van der Waals surface area contributed by atoms with Crippen molar-refractivity contribution in [3.8, 4) is 5.75 Å². The number of fused-ring (bicyclic) bond motifs is 1. The second kappa shape index (κ2) is 5.27. The lowest BCUT2D eigenvalue weighted by Crippen LogP contribution is -2.25. The minimum absolute atomic E-state index is 0.198. The first-order chi connectivity index (χ1) is 9.06. The molecule has 6 heteroatoms. The normalized spacial score (nSPS) is 10.9. The molecule has 102 valence electrons. The third-order valence-electron chi connectivity index (χ3n) is 2.92. The zero-order valence-corrected chi connectivity index (χ0v) is 11.3. The number of nitrogens with one attached hydrogen (secondary N) is 1. The van der Waals surface area contributed by atoms with Gasteiger partial charge in [-0.1, -0.05) is 0 Å². The van der Waals surface area contributed by atoms with Crippen LogP contribution in [0.1, 0.15) is 6.92 Å². The average molecular weight is 263 g/mol. The number of imidazole rings is 1. The predicted octanol–water partition coefficient (Wildman–Crippen LogP) is 1.21. The van der Waals surface area contributed by atoms with Crippen LogP contribution in [0, 0.1) is 5.41 Å². The van der Waals surface area contributed by atoms with Crippen molar-refractivity contribution < 1.29 is 9.47 Å². The Morgan fingerprint density at radius 2 is 2.05 bits per heavy atom. The second-order valence-electron chi connectivity index (χ2n) is 4.25. The molecule has 0 aliphatic carbocycles. The molecule has 19 heavy (non-hydrogen) atoms. The van der Waals surface area contributed by atoms with E-state index in [1.54, 1.807) is 39.3 Å². The van der Waals surface area contributed by atoms with Crippen molar-refractivity contribution in [1.29, 1.82) is 5.41 Å². The van der Waals surface area contributed by atoms with E-state index in [4.69, 9.17) is 14.9 Å². The van der Waals surface area contributed by atoms with Crippen molar-refractivity contribution in [1.82, 2.24) is 9.13 Å². The quantitative estimate of drug-likeness (QED) is 0.512. The van der Waals surface area contributed by atoms with Crippen LogP contribution in [0.2, 0.25) is 0 Å². The Kier molecular flexibility index (Phi) is 3.71. The van der Waals surface area contributed by atoms with Crippen molar-refractivity contribution in [3.05, 3.63) is 28.7 Å². The fourth-order valence-electron chi connectivity index (χ4n) is 1.97. The molecule has 0 unspecified atom stereocenters. The van der Waals surface area contributed by atoms with Gasteiger partial charge in [-0.25, -0.2) is 9.36 Å². The van der Waals surface area contributed by atoms with Gasteiger partial charge in [0, 0.05) is 20.2 Å². The van der Waals surface area contributed by atoms with Crippen LogP contribution in [-0.2, 0) is 11.8 Å². The Morgan fingerprint density at radius 1 is 1.32 bits per heavy atom. The van der Waals surface area contributed by atoms with Crippen LogP contribution in [-0.4, -0.2) is 35.3 Å². The van der Waals surface area contributed by atoms with Crippen molar-refractivity contribution in [3.63, 3.8) is 0 Å². The highest BCUT2D eigenvalue weighted by atomic mass is 16.5. The van der Waals surface area contributed by atoms with Crippen LogP contribution < -0.4 is 10.4 Å². The van der Waals surface area contributed by atoms with Gasteiger partial charge in [0.1, 0.15) is 18.2 Å². The number of hydrogen-bond donors (Lipinski definition) is 1. The van der Waals surface area contributed by atoms with Crippen molar-refractivity contribution >= 4 is 16.9 Å². The van der Waals surface area contributed by atoms with Gasteiger partial charge in [0.2, 0.25) is 0 Å². The summed E-state index contributed by atoms with van der Waals surface area (Å²) in [6.45, 7) is 2.56. The monoisotopic (exact) mass is 263 g/mol. The van der Waals surface area contributed by atoms with E-state index in [0.717, 1.165) is 5.52 Å². The minimum Gasteiger partial charge on any atom is -0.491 e. The van der Waals surface area contributed by atoms with Crippen LogP contribution in [0.3, 0.4) is 0 Å². The van der Waals surface area contributed by atoms with E-state index >= 15 is 0 Å². The number of methoxy groups -OCH3 is 1. The summed E-state index contributed by atoms with van der Waals surface area (Å²) in [5.74, 6) is 0.878. The second-order valence-corrected chi connectivity index (χ2v) is 4.25. The van der Waals surface area contributed by atoms with Crippen molar-refractivity contribution in [2.45, 2.75) is 6.92 Å². The Hall–Kier alpha value is -2.08. The summed E-state index contributed by atoms with van der Waals surface area (Å²) in [5, 5.41) is 7.66. The molecule has 1 N–H and O–H groups in total. The van der Waals surface area contributed by atoms with Crippen LogP contribution in [0.5, 0.6) is 5.75 Å². The highest BCUT2D eigenvalue weighted by Gasteiger charge is 2.12. The summed E-state index contributed by atoms with van der Waals surface area (Å²) in [5.41, 5.74) is 1.22. The molecule has 0 saturated carbocycles. The summed E-state index contributed by atoms with van der Waals surface area (Å²) in [7, 11) is 3.30. The Morgan fingerprint density at radius 3 is 2.68 bits per heavy atom. The van der Waals surface area contributed by atoms with Crippen LogP contribution >= 0.6 is 0 Å². The molecule has 2 aromatic rings. The van der Waals surface area contributed by atoms with E-state index in [-0.39, 0.29) is 11.5 Å². The van der Waals surface area contributed by atoms with E-state index in [1.807, 2.05) is 0 Å². The fraction of sp³-hybridized carbons (Fsp3) is 0.385. The van der Waals surface area contributed by atoms with Gasteiger partial charge in [-0.05, 0) is 19.1 Å². The van der Waals surface area contributed by atoms with E-state index in [9.17, 15) is 4.79 Å². The summed E-state index contributed by atoms with van der Waals surface area (Å²) >= 11 is 0. The molecular formula is C13H17N3O3. The number of benzene rings is 1. The molecule has 0 fully saturated rings. The fourth-order valence-corrected chi connectivity index (χ4v) is 1.97. The molecule has 0 amide bonds. The van der Waals surface area contributed by atoms with E-state index < -0.39 is 0 Å². The van der Waals surface area contributed by atoms with Crippen LogP contribution in [0.4, 0.5) is 0 Å². The topological polar surface area (TPSA) is 69.2 Å². The minimum atomic E-state index is -0.225. The van der Waals surface area contributed by atoms with Crippen LogP contribution in [0.25, 0.3) is 11.0 Å². The maximum Gasteiger partial charge on any atom is 0.334 e. The average Bonchev–Trinajstić information content (AvgIpc) is 2.63. The molecule has 0 bridgehead atoms. The summed E-state index contributed by atoms with van der Waals surface area (Å²) in [6, 6.07) is 5.37. The lowest BCUT2D eigenvalue weighted by molar-refractivity contribution is 0.146. The molecule has 0 saturated heterocycles. The molecule has 0 radical (unpaired) electrons. The van der Waals surface area contributed by atoms with Gasteiger partial charge in [-0.2, -0.15) is 0 Å². The molecule has 0 spiro atoms. The Bertz CT molecular complexity index is 670. The largest absolute Gasteiger partial charge is 0.491 e. The van der Waals surface area contributed by atoms with Gasteiger partial charge in [-0.3, -0.25) is 9.98 Å². The summed E-state index contributed by atoms with van der Waals surface area (Å²) in [6.07, 6.45) is 0. The maximum atomic E-state index is 12.0. The van der Waals surface area contributed by atoms with Crippen molar-refractivity contribution in [2.24, 2.45) is 7.05 Å². The first-order valence-electron chi connectivity index (χ1n) is 5.95. The molecule has 1 heterocycles. The lowest BCUT2D eigenvalue weighted by Gasteiger charge is -2.06. The van der Waals surface area contributed by atoms with Gasteiger partial charge in [0.15, 0.2) is 0 Å². The highest BCUT2D eigenvalue weighted by molar-refractivity contribution is 5.91. The van der Waals surface area contributed by atoms with Gasteiger partial charge in [0.05, 0.1) is 17.6 Å². The zero-order valence-electron chi connectivity index (χ0n) is 11.3. The molecule has 0 atom stereocenters. The Balaban J connectivity index is 2.47. The number of aromatic nitrogens is 2. The first-order valence-corrected chi connectivity index (χ1v) is 5.95. The van der Waals surface area contributed by atoms with Gasteiger partial charge in [0.25, 0.3) is 0 Å². The molecular weight excluding hydrogens is 246 g/mol. The molecule has 0 aliphatic heterocycles. The first kappa shape index (κ1) is 13.4. The zero-order chi connectivity index (χ0) is 14.0. The third-order valence-corrected chi connectivity index (χ3v) is 2.92. The number of hydrogen-bond acceptors (Lipinski definition) is 4. The van der Waals surface area contributed by atoms with E-state index in [0.29, 0.717) is 24.5 Å². The van der Waals surface area contributed by atoms with E-state index in [2.05, 4.69) is 0 Å². The SMILES string of the molecule is COCCOc1ccc2c(c1)n(C)c(=O)n2C(C)=N. The maximum absolute atomic E-state index is 12.0. The smallest absolute Gasteiger partial charge is 0.334 e. The van der Waals surface area contributed by atoms with Crippen molar-refractivity contribution in [2.75, 3.05) is 20.3 Å². The number of aryl methyl sites for hydroxylation is 1. The molecule has 1 aromatic heterocycles. The summed E-state index contributed by atoms with van der Waals surface area (Å²) < 4.78 is 13.3. The van der Waals surface area contributed by atoms with Gasteiger partial charge < -0.3 is 9.47 Å². The lowest BCUT2D eigenvalue weighted by atomic mass is 10.3. The molecule has 0 aliphatic rings. The summed E-state index contributed by atoms with van der Waals surface area (Å²) in [4.78, 5) is 12.0. The number of rotatable bonds is 4. The van der Waals surface area contributed by atoms with Crippen LogP contribution in [0.15, 0.2) is 23.0 Å². The number of nitrogens with zero attached hydrogens (tertiary/aromatic N) is 2. The molecule has 1 aromatic carbocycles. The Labute approximate surface area is 110 Å². The standard InChI is InChI=1S/C13H17N3O3/c1-9(14)16-11-5-4-10(19-7-6-18-3)8-12(11)15(2)13(16)17/h4-5,8,14H,6-7H2,1-3H3. The van der Waals surface area contributed by atoms with Gasteiger partial charge in [-0.15, -0.1) is 0 Å². The highest BCUT2D eigenvalue weighted by Crippen LogP contribution is 2.19. The van der Waals surface area contributed by atoms with E-state index in [1.165, 1.54) is 9.13 Å². The van der Waals surface area contributed by atoms with Gasteiger partial charge >= 0.3 is 5.69 Å².